The van der Waals surface area contributed by atoms with Crippen LogP contribution >= 0.6 is 15.9 Å². The predicted molar refractivity (Wildman–Crippen MR) is 83.6 cm³/mol. The molecule has 1 aromatic carbocycles. The monoisotopic (exact) mass is 341 g/mol. The van der Waals surface area contributed by atoms with Crippen LogP contribution in [0.4, 0.5) is 0 Å². The molecule has 0 radical (unpaired) electrons. The Morgan fingerprint density at radius 2 is 2.20 bits per heavy atom. The van der Waals surface area contributed by atoms with Crippen molar-refractivity contribution in [2.75, 3.05) is 7.11 Å². The highest BCUT2D eigenvalue weighted by Crippen LogP contribution is 2.23. The van der Waals surface area contributed by atoms with Crippen LogP contribution in [0.5, 0.6) is 5.75 Å². The van der Waals surface area contributed by atoms with Crippen LogP contribution in [0.3, 0.4) is 0 Å². The van der Waals surface area contributed by atoms with Gasteiger partial charge in [-0.15, -0.1) is 0 Å². The van der Waals surface area contributed by atoms with Crippen molar-refractivity contribution in [1.82, 2.24) is 5.32 Å². The van der Waals surface area contributed by atoms with Crippen molar-refractivity contribution in [3.05, 3.63) is 34.3 Å². The van der Waals surface area contributed by atoms with Crippen LogP contribution in [-0.4, -0.2) is 30.3 Å². The van der Waals surface area contributed by atoms with Gasteiger partial charge in [-0.25, -0.2) is 0 Å². The van der Waals surface area contributed by atoms with Crippen molar-refractivity contribution in [3.8, 4) is 5.75 Å². The van der Waals surface area contributed by atoms with E-state index in [1.165, 1.54) is 6.08 Å². The summed E-state index contributed by atoms with van der Waals surface area (Å²) in [6, 6.07) is 5.51. The van der Waals surface area contributed by atoms with E-state index in [2.05, 4.69) is 21.2 Å². The minimum Gasteiger partial charge on any atom is -0.496 e. The third kappa shape index (κ3) is 5.75. The van der Waals surface area contributed by atoms with Crippen molar-refractivity contribution in [3.63, 3.8) is 0 Å². The molecular weight excluding hydrogens is 322 g/mol. The Morgan fingerprint density at radius 1 is 1.50 bits per heavy atom. The fourth-order valence-electron chi connectivity index (χ4n) is 1.86. The summed E-state index contributed by atoms with van der Waals surface area (Å²) in [5.41, 5.74) is 0.820. The maximum atomic E-state index is 11.8. The minimum atomic E-state index is -0.431. The second-order valence-corrected chi connectivity index (χ2v) is 5.63. The van der Waals surface area contributed by atoms with Gasteiger partial charge in [0.2, 0.25) is 5.91 Å². The number of carbonyl (C=O) groups is 1. The molecule has 0 bridgehead atoms. The number of halogens is 1. The molecule has 0 aliphatic heterocycles. The number of ether oxygens (including phenoxy) is 1. The summed E-state index contributed by atoms with van der Waals surface area (Å²) >= 11 is 3.38. The van der Waals surface area contributed by atoms with Gasteiger partial charge in [-0.05, 0) is 44.5 Å². The van der Waals surface area contributed by atoms with Gasteiger partial charge in [-0.3, -0.25) is 4.79 Å². The molecular formula is C15H20BrNO3. The molecule has 1 amide bonds. The number of carbonyl (C=O) groups excluding carboxylic acids is 1. The van der Waals surface area contributed by atoms with Crippen LogP contribution in [0.15, 0.2) is 28.7 Å². The third-order valence-electron chi connectivity index (χ3n) is 2.69. The number of hydrogen-bond acceptors (Lipinski definition) is 3. The number of rotatable bonds is 6. The van der Waals surface area contributed by atoms with E-state index >= 15 is 0 Å². The highest BCUT2D eigenvalue weighted by Gasteiger charge is 2.08. The first-order valence-electron chi connectivity index (χ1n) is 6.42. The van der Waals surface area contributed by atoms with E-state index in [0.29, 0.717) is 12.2 Å². The van der Waals surface area contributed by atoms with Crippen LogP contribution in [0.25, 0.3) is 6.08 Å². The Balaban J connectivity index is 2.68. The maximum absolute atomic E-state index is 11.8. The number of aliphatic hydroxyl groups excluding tert-OH is 1. The third-order valence-corrected chi connectivity index (χ3v) is 3.18. The molecule has 0 aliphatic carbocycles. The summed E-state index contributed by atoms with van der Waals surface area (Å²) in [4.78, 5) is 11.8. The Labute approximate surface area is 128 Å². The molecule has 2 N–H and O–H groups in total. The van der Waals surface area contributed by atoms with E-state index in [1.807, 2.05) is 25.1 Å². The predicted octanol–water partition coefficient (Wildman–Crippen LogP) is 2.75. The average Bonchev–Trinajstić information content (AvgIpc) is 2.35. The summed E-state index contributed by atoms with van der Waals surface area (Å²) in [6.45, 7) is 3.56. The van der Waals surface area contributed by atoms with E-state index in [4.69, 9.17) is 4.74 Å². The second-order valence-electron chi connectivity index (χ2n) is 4.71. The number of amides is 1. The zero-order chi connectivity index (χ0) is 15.1. The maximum Gasteiger partial charge on any atom is 0.244 e. The van der Waals surface area contributed by atoms with Gasteiger partial charge in [0.25, 0.3) is 0 Å². The lowest BCUT2D eigenvalue weighted by Gasteiger charge is -2.13. The van der Waals surface area contributed by atoms with Crippen molar-refractivity contribution >= 4 is 27.9 Å². The molecule has 0 spiro atoms. The summed E-state index contributed by atoms with van der Waals surface area (Å²) < 4.78 is 6.15. The number of benzene rings is 1. The number of nitrogens with one attached hydrogen (secondary N) is 1. The molecule has 0 fully saturated rings. The van der Waals surface area contributed by atoms with E-state index < -0.39 is 6.10 Å². The van der Waals surface area contributed by atoms with Gasteiger partial charge in [0.15, 0.2) is 0 Å². The number of hydrogen-bond donors (Lipinski definition) is 2. The van der Waals surface area contributed by atoms with Gasteiger partial charge in [0.1, 0.15) is 5.75 Å². The zero-order valence-corrected chi connectivity index (χ0v) is 13.5. The first kappa shape index (κ1) is 16.7. The van der Waals surface area contributed by atoms with Crippen LogP contribution in [0.2, 0.25) is 0 Å². The molecule has 2 atom stereocenters. The topological polar surface area (TPSA) is 58.6 Å². The van der Waals surface area contributed by atoms with Crippen molar-refractivity contribution in [2.45, 2.75) is 32.4 Å². The molecule has 5 heteroatoms. The Hall–Kier alpha value is -1.33. The lowest BCUT2D eigenvalue weighted by atomic mass is 10.1. The molecule has 4 nitrogen and oxygen atoms in total. The summed E-state index contributed by atoms with van der Waals surface area (Å²) in [6.07, 6.45) is 3.26. The molecule has 20 heavy (non-hydrogen) atoms. The highest BCUT2D eigenvalue weighted by atomic mass is 79.9. The normalized spacial score (nSPS) is 14.1. The van der Waals surface area contributed by atoms with E-state index in [-0.39, 0.29) is 11.9 Å². The van der Waals surface area contributed by atoms with Crippen molar-refractivity contribution in [2.24, 2.45) is 0 Å². The van der Waals surface area contributed by atoms with Crippen LogP contribution in [0, 0.1) is 0 Å². The standard InChI is InChI=1S/C15H20BrNO3/c1-10(8-11(2)18)17-15(19)7-4-12-9-13(16)5-6-14(12)20-3/h4-7,9-11,18H,8H2,1-3H3,(H,17,19)/b7-4+. The molecule has 0 saturated carbocycles. The SMILES string of the molecule is COc1ccc(Br)cc1/C=C/C(=O)NC(C)CC(C)O. The van der Waals surface area contributed by atoms with Crippen LogP contribution < -0.4 is 10.1 Å². The molecule has 1 rings (SSSR count). The summed E-state index contributed by atoms with van der Waals surface area (Å²) in [5, 5.41) is 12.0. The molecule has 2 unspecified atom stereocenters. The van der Waals surface area contributed by atoms with E-state index in [0.717, 1.165) is 10.0 Å². The molecule has 0 aliphatic rings. The lowest BCUT2D eigenvalue weighted by molar-refractivity contribution is -0.117. The Morgan fingerprint density at radius 3 is 2.80 bits per heavy atom. The van der Waals surface area contributed by atoms with Gasteiger partial charge < -0.3 is 15.2 Å². The molecule has 0 heterocycles. The molecule has 110 valence electrons. The fourth-order valence-corrected chi connectivity index (χ4v) is 2.24. The smallest absolute Gasteiger partial charge is 0.244 e. The lowest BCUT2D eigenvalue weighted by Crippen LogP contribution is -2.33. The number of aliphatic hydroxyl groups is 1. The van der Waals surface area contributed by atoms with Gasteiger partial charge in [0.05, 0.1) is 13.2 Å². The van der Waals surface area contributed by atoms with Crippen LogP contribution in [-0.2, 0) is 4.79 Å². The first-order chi connectivity index (χ1) is 9.42. The molecule has 1 aromatic rings. The zero-order valence-electron chi connectivity index (χ0n) is 11.9. The second kappa shape index (κ2) is 8.07. The Bertz CT molecular complexity index is 486. The summed E-state index contributed by atoms with van der Waals surface area (Å²) in [7, 11) is 1.59. The Kier molecular flexibility index (Phi) is 6.75. The van der Waals surface area contributed by atoms with Gasteiger partial charge in [-0.2, -0.15) is 0 Å². The van der Waals surface area contributed by atoms with E-state index in [9.17, 15) is 9.90 Å². The molecule has 0 aromatic heterocycles. The largest absolute Gasteiger partial charge is 0.496 e. The van der Waals surface area contributed by atoms with Gasteiger partial charge >= 0.3 is 0 Å². The average molecular weight is 342 g/mol. The fraction of sp³-hybridized carbons (Fsp3) is 0.400. The molecule has 0 saturated heterocycles. The first-order valence-corrected chi connectivity index (χ1v) is 7.22. The summed E-state index contributed by atoms with van der Waals surface area (Å²) in [5.74, 6) is 0.509. The van der Waals surface area contributed by atoms with Crippen LogP contribution in [0.1, 0.15) is 25.8 Å². The van der Waals surface area contributed by atoms with Crippen molar-refractivity contribution < 1.29 is 14.6 Å². The van der Waals surface area contributed by atoms with Crippen molar-refractivity contribution in [1.29, 1.82) is 0 Å². The minimum absolute atomic E-state index is 0.0726. The highest BCUT2D eigenvalue weighted by molar-refractivity contribution is 9.10. The number of methoxy groups -OCH3 is 1. The van der Waals surface area contributed by atoms with Gasteiger partial charge in [0, 0.05) is 22.2 Å². The quantitative estimate of drug-likeness (QED) is 0.782. The van der Waals surface area contributed by atoms with E-state index in [1.54, 1.807) is 20.1 Å². The van der Waals surface area contributed by atoms with Gasteiger partial charge in [-0.1, -0.05) is 15.9 Å².